The Morgan fingerprint density at radius 1 is 1.15 bits per heavy atom. The van der Waals surface area contributed by atoms with Crippen molar-refractivity contribution < 1.29 is 28.3 Å². The predicted molar refractivity (Wildman–Crippen MR) is 141 cm³/mol. The van der Waals surface area contributed by atoms with Crippen LogP contribution >= 0.6 is 23.2 Å². The minimum absolute atomic E-state index is 0.130. The number of pyridine rings is 1. The SMILES string of the molecule is O=C(O)c1cnc(N2C(=O)CCc3cc(OCc4c(-c5c(Cl)cccc5Cl)noc4C4CC4)ccc32)c(F)c1. The molecule has 0 unspecified atom stereocenters. The van der Waals surface area contributed by atoms with Crippen LogP contribution in [0.4, 0.5) is 15.9 Å². The maximum atomic E-state index is 14.8. The summed E-state index contributed by atoms with van der Waals surface area (Å²) in [6.45, 7) is 0.153. The monoisotopic (exact) mass is 567 g/mol. The highest BCUT2D eigenvalue weighted by atomic mass is 35.5. The number of ether oxygens (including phenoxy) is 1. The van der Waals surface area contributed by atoms with Gasteiger partial charge in [0.1, 0.15) is 23.8 Å². The Kier molecular flexibility index (Phi) is 6.48. The van der Waals surface area contributed by atoms with Crippen LogP contribution in [0.5, 0.6) is 5.75 Å². The number of carbonyl (C=O) groups excluding carboxylic acids is 1. The largest absolute Gasteiger partial charge is 0.489 e. The van der Waals surface area contributed by atoms with E-state index >= 15 is 0 Å². The highest BCUT2D eigenvalue weighted by Crippen LogP contribution is 2.46. The number of nitrogens with zero attached hydrogens (tertiary/aromatic N) is 3. The van der Waals surface area contributed by atoms with Crippen LogP contribution in [-0.4, -0.2) is 27.1 Å². The number of rotatable bonds is 7. The number of carboxylic acid groups (broad SMARTS) is 1. The minimum Gasteiger partial charge on any atom is -0.489 e. The molecule has 6 rings (SSSR count). The van der Waals surface area contributed by atoms with Gasteiger partial charge in [-0.25, -0.2) is 14.2 Å². The molecule has 0 spiro atoms. The average Bonchev–Trinajstić information content (AvgIpc) is 3.67. The Morgan fingerprint density at radius 3 is 2.62 bits per heavy atom. The van der Waals surface area contributed by atoms with Gasteiger partial charge in [0, 0.05) is 24.1 Å². The molecule has 39 heavy (non-hydrogen) atoms. The van der Waals surface area contributed by atoms with Crippen LogP contribution in [0.15, 0.2) is 53.2 Å². The normalized spacial score (nSPS) is 14.8. The summed E-state index contributed by atoms with van der Waals surface area (Å²) in [4.78, 5) is 29.0. The number of halogens is 3. The van der Waals surface area contributed by atoms with Crippen LogP contribution in [0.25, 0.3) is 11.3 Å². The van der Waals surface area contributed by atoms with Crippen molar-refractivity contribution in [2.24, 2.45) is 0 Å². The molecule has 1 amide bonds. The van der Waals surface area contributed by atoms with Crippen LogP contribution in [0.2, 0.25) is 10.0 Å². The molecule has 198 valence electrons. The molecule has 1 N–H and O–H groups in total. The third-order valence-electron chi connectivity index (χ3n) is 6.78. The van der Waals surface area contributed by atoms with Gasteiger partial charge in [-0.2, -0.15) is 0 Å². The maximum absolute atomic E-state index is 14.8. The second-order valence-corrected chi connectivity index (χ2v) is 10.2. The van der Waals surface area contributed by atoms with Crippen molar-refractivity contribution >= 4 is 46.6 Å². The molecule has 2 aromatic heterocycles. The molecule has 8 nitrogen and oxygen atoms in total. The van der Waals surface area contributed by atoms with Gasteiger partial charge in [-0.3, -0.25) is 9.69 Å². The maximum Gasteiger partial charge on any atom is 0.337 e. The summed E-state index contributed by atoms with van der Waals surface area (Å²) < 4.78 is 26.7. The minimum atomic E-state index is -1.31. The number of benzene rings is 2. The average molecular weight is 568 g/mol. The molecule has 2 aromatic carbocycles. The summed E-state index contributed by atoms with van der Waals surface area (Å²) in [6, 6.07) is 11.2. The van der Waals surface area contributed by atoms with Crippen molar-refractivity contribution in [3.8, 4) is 17.0 Å². The second kappa shape index (κ2) is 9.98. The number of fused-ring (bicyclic) bond motifs is 1. The summed E-state index contributed by atoms with van der Waals surface area (Å²) in [7, 11) is 0. The molecule has 0 saturated heterocycles. The number of aromatic carboxylic acids is 1. The fourth-order valence-corrected chi connectivity index (χ4v) is 5.28. The lowest BCUT2D eigenvalue weighted by molar-refractivity contribution is -0.118. The van der Waals surface area contributed by atoms with Gasteiger partial charge in [0.05, 0.1) is 26.9 Å². The standard InChI is InChI=1S/C28H20Cl2FN3O5/c29-19-2-1-3-20(30)24(19)25-18(26(39-33-25)14-4-5-14)13-38-17-7-8-22-15(10-17)6-9-23(35)34(22)27-21(31)11-16(12-32-27)28(36)37/h1-3,7-8,10-12,14H,4-6,9,13H2,(H,36,37). The zero-order valence-corrected chi connectivity index (χ0v) is 21.8. The number of hydrogen-bond acceptors (Lipinski definition) is 6. The molecule has 3 heterocycles. The molecular weight excluding hydrogens is 548 g/mol. The Balaban J connectivity index is 1.30. The van der Waals surface area contributed by atoms with Gasteiger partial charge < -0.3 is 14.4 Å². The Hall–Kier alpha value is -3.95. The molecule has 0 bridgehead atoms. The van der Waals surface area contributed by atoms with Crippen molar-refractivity contribution in [1.29, 1.82) is 0 Å². The van der Waals surface area contributed by atoms with Crippen molar-refractivity contribution in [2.45, 2.75) is 38.2 Å². The van der Waals surface area contributed by atoms with Crippen LogP contribution in [0, 0.1) is 5.82 Å². The summed E-state index contributed by atoms with van der Waals surface area (Å²) in [5, 5.41) is 14.3. The van der Waals surface area contributed by atoms with E-state index in [1.54, 1.807) is 36.4 Å². The molecular formula is C28H20Cl2FN3O5. The molecule has 1 aliphatic carbocycles. The van der Waals surface area contributed by atoms with Gasteiger partial charge in [-0.15, -0.1) is 0 Å². The zero-order chi connectivity index (χ0) is 27.3. The van der Waals surface area contributed by atoms with E-state index in [9.17, 15) is 14.0 Å². The van der Waals surface area contributed by atoms with E-state index in [1.165, 1.54) is 4.90 Å². The van der Waals surface area contributed by atoms with Gasteiger partial charge in [0.25, 0.3) is 0 Å². The second-order valence-electron chi connectivity index (χ2n) is 9.39. The lowest BCUT2D eigenvalue weighted by Gasteiger charge is -2.29. The first-order chi connectivity index (χ1) is 18.8. The van der Waals surface area contributed by atoms with Gasteiger partial charge in [-0.05, 0) is 61.2 Å². The van der Waals surface area contributed by atoms with Crippen molar-refractivity contribution in [2.75, 3.05) is 4.90 Å². The van der Waals surface area contributed by atoms with Crippen LogP contribution in [0.1, 0.15) is 52.4 Å². The van der Waals surface area contributed by atoms with Crippen LogP contribution in [0.3, 0.4) is 0 Å². The summed E-state index contributed by atoms with van der Waals surface area (Å²) in [5.74, 6) is -1.24. The van der Waals surface area contributed by atoms with Gasteiger partial charge in [0.15, 0.2) is 11.6 Å². The lowest BCUT2D eigenvalue weighted by Crippen LogP contribution is -2.32. The molecule has 4 aromatic rings. The summed E-state index contributed by atoms with van der Waals surface area (Å²) in [6.07, 6.45) is 3.58. The van der Waals surface area contributed by atoms with Crippen molar-refractivity contribution in [3.63, 3.8) is 0 Å². The van der Waals surface area contributed by atoms with E-state index < -0.39 is 11.8 Å². The lowest BCUT2D eigenvalue weighted by atomic mass is 10.0. The molecule has 0 radical (unpaired) electrons. The highest BCUT2D eigenvalue weighted by molar-refractivity contribution is 6.39. The number of aryl methyl sites for hydroxylation is 1. The molecule has 1 aliphatic heterocycles. The number of amides is 1. The number of carbonyl (C=O) groups is 2. The quantitative estimate of drug-likeness (QED) is 0.257. The van der Waals surface area contributed by atoms with E-state index in [4.69, 9.17) is 37.6 Å². The van der Waals surface area contributed by atoms with Crippen molar-refractivity contribution in [3.05, 3.63) is 87.0 Å². The van der Waals surface area contributed by atoms with E-state index in [0.29, 0.717) is 39.2 Å². The summed E-state index contributed by atoms with van der Waals surface area (Å²) in [5.41, 5.74) is 2.80. The van der Waals surface area contributed by atoms with E-state index in [-0.39, 0.29) is 36.2 Å². The number of anilines is 2. The number of aromatic nitrogens is 2. The molecule has 1 saturated carbocycles. The molecule has 2 aliphatic rings. The number of hydrogen-bond donors (Lipinski definition) is 1. The van der Waals surface area contributed by atoms with Gasteiger partial charge >= 0.3 is 5.97 Å². The van der Waals surface area contributed by atoms with E-state index in [2.05, 4.69) is 10.1 Å². The zero-order valence-electron chi connectivity index (χ0n) is 20.3. The van der Waals surface area contributed by atoms with Gasteiger partial charge in [0.2, 0.25) is 5.91 Å². The first-order valence-corrected chi connectivity index (χ1v) is 13.0. The van der Waals surface area contributed by atoms with E-state index in [1.807, 2.05) is 0 Å². The molecule has 1 fully saturated rings. The van der Waals surface area contributed by atoms with Crippen molar-refractivity contribution in [1.82, 2.24) is 10.1 Å². The van der Waals surface area contributed by atoms with Gasteiger partial charge in [-0.1, -0.05) is 34.4 Å². The Morgan fingerprint density at radius 2 is 1.92 bits per heavy atom. The third kappa shape index (κ3) is 4.72. The third-order valence-corrected chi connectivity index (χ3v) is 7.41. The van der Waals surface area contributed by atoms with Crippen LogP contribution in [-0.2, 0) is 17.8 Å². The first kappa shape index (κ1) is 25.3. The Bertz CT molecular complexity index is 1620. The molecule has 0 atom stereocenters. The Labute approximate surface area is 231 Å². The topological polar surface area (TPSA) is 106 Å². The van der Waals surface area contributed by atoms with Crippen LogP contribution < -0.4 is 9.64 Å². The van der Waals surface area contributed by atoms with E-state index in [0.717, 1.165) is 42.0 Å². The predicted octanol–water partition coefficient (Wildman–Crippen LogP) is 6.95. The number of carboxylic acids is 1. The summed E-state index contributed by atoms with van der Waals surface area (Å²) >= 11 is 12.9. The fraction of sp³-hybridized carbons (Fsp3) is 0.214. The highest BCUT2D eigenvalue weighted by Gasteiger charge is 2.34. The first-order valence-electron chi connectivity index (χ1n) is 12.2. The molecule has 11 heteroatoms. The fourth-order valence-electron chi connectivity index (χ4n) is 4.71. The smallest absolute Gasteiger partial charge is 0.337 e.